The monoisotopic (exact) mass is 256 g/mol. The fraction of sp³-hybridized carbons (Fsp3) is 0.200. The van der Waals surface area contributed by atoms with E-state index in [0.717, 1.165) is 16.7 Å². The number of carboxylic acid groups (broad SMARTS) is 1. The second kappa shape index (κ2) is 5.52. The van der Waals surface area contributed by atoms with E-state index >= 15 is 0 Å². The summed E-state index contributed by atoms with van der Waals surface area (Å²) in [6, 6.07) is 11.1. The maximum atomic E-state index is 11.4. The van der Waals surface area contributed by atoms with Gasteiger partial charge in [-0.25, -0.2) is 4.98 Å². The second-order valence-electron chi connectivity index (χ2n) is 4.56. The Balaban J connectivity index is 2.32. The van der Waals surface area contributed by atoms with Crippen LogP contribution in [0.1, 0.15) is 22.6 Å². The van der Waals surface area contributed by atoms with E-state index in [1.54, 1.807) is 6.20 Å². The Bertz CT molecular complexity index is 582. The first-order chi connectivity index (χ1) is 9.08. The van der Waals surface area contributed by atoms with E-state index in [-0.39, 0.29) is 0 Å². The molecule has 0 aliphatic carbocycles. The summed E-state index contributed by atoms with van der Waals surface area (Å²) in [4.78, 5) is 15.5. The van der Waals surface area contributed by atoms with E-state index < -0.39 is 11.9 Å². The normalized spacial score (nSPS) is 12.1. The summed E-state index contributed by atoms with van der Waals surface area (Å²) >= 11 is 0. The number of aryl methyl sites for hydroxylation is 1. The third-order valence-electron chi connectivity index (χ3n) is 3.06. The number of hydrogen-bond donors (Lipinski definition) is 2. The van der Waals surface area contributed by atoms with Crippen molar-refractivity contribution in [2.75, 3.05) is 5.73 Å². The molecule has 19 heavy (non-hydrogen) atoms. The zero-order valence-electron chi connectivity index (χ0n) is 10.7. The number of nitrogens with two attached hydrogens (primary N) is 1. The van der Waals surface area contributed by atoms with Gasteiger partial charge in [0.05, 0.1) is 5.92 Å². The smallest absolute Gasteiger partial charge is 0.311 e. The predicted octanol–water partition coefficient (Wildman–Crippen LogP) is 2.38. The van der Waals surface area contributed by atoms with Gasteiger partial charge in [0.2, 0.25) is 0 Å². The molecule has 1 atom stereocenters. The van der Waals surface area contributed by atoms with Crippen LogP contribution >= 0.6 is 0 Å². The molecule has 0 saturated heterocycles. The van der Waals surface area contributed by atoms with Crippen molar-refractivity contribution in [2.24, 2.45) is 0 Å². The highest BCUT2D eigenvalue weighted by Gasteiger charge is 2.21. The molecule has 0 spiro atoms. The molecular weight excluding hydrogens is 240 g/mol. The van der Waals surface area contributed by atoms with E-state index in [1.165, 1.54) is 0 Å². The molecule has 2 aromatic rings. The lowest BCUT2D eigenvalue weighted by Crippen LogP contribution is -2.15. The molecule has 0 radical (unpaired) electrons. The number of nitrogen functional groups attached to an aromatic ring is 1. The summed E-state index contributed by atoms with van der Waals surface area (Å²) in [6.07, 6.45) is 2.02. The van der Waals surface area contributed by atoms with E-state index in [2.05, 4.69) is 4.98 Å². The van der Waals surface area contributed by atoms with Crippen LogP contribution < -0.4 is 5.73 Å². The number of rotatable bonds is 4. The Morgan fingerprint density at radius 3 is 2.68 bits per heavy atom. The van der Waals surface area contributed by atoms with Crippen molar-refractivity contribution in [2.45, 2.75) is 19.3 Å². The van der Waals surface area contributed by atoms with Crippen molar-refractivity contribution in [3.8, 4) is 0 Å². The van der Waals surface area contributed by atoms with Crippen LogP contribution in [0.3, 0.4) is 0 Å². The van der Waals surface area contributed by atoms with Crippen LogP contribution in [0.5, 0.6) is 0 Å². The number of nitrogens with zero attached hydrogens (tertiary/aromatic N) is 1. The summed E-state index contributed by atoms with van der Waals surface area (Å²) in [7, 11) is 0. The first-order valence-electron chi connectivity index (χ1n) is 6.06. The van der Waals surface area contributed by atoms with Crippen LogP contribution in [0.25, 0.3) is 0 Å². The van der Waals surface area contributed by atoms with Crippen LogP contribution in [-0.2, 0) is 11.2 Å². The van der Waals surface area contributed by atoms with Gasteiger partial charge < -0.3 is 10.8 Å². The fourth-order valence-electron chi connectivity index (χ4n) is 2.06. The zero-order valence-corrected chi connectivity index (χ0v) is 10.7. The lowest BCUT2D eigenvalue weighted by Gasteiger charge is -2.14. The van der Waals surface area contributed by atoms with Crippen LogP contribution in [0.15, 0.2) is 42.6 Å². The van der Waals surface area contributed by atoms with Crippen LogP contribution in [0.2, 0.25) is 0 Å². The summed E-state index contributed by atoms with van der Waals surface area (Å²) in [6.45, 7) is 1.91. The second-order valence-corrected chi connectivity index (χ2v) is 4.56. The van der Waals surface area contributed by atoms with Crippen molar-refractivity contribution in [3.63, 3.8) is 0 Å². The van der Waals surface area contributed by atoms with Crippen molar-refractivity contribution >= 4 is 11.8 Å². The number of benzene rings is 1. The van der Waals surface area contributed by atoms with Gasteiger partial charge in [0.1, 0.15) is 5.82 Å². The highest BCUT2D eigenvalue weighted by Crippen LogP contribution is 2.23. The van der Waals surface area contributed by atoms with E-state index in [0.29, 0.717) is 12.2 Å². The molecule has 2 rings (SSSR count). The largest absolute Gasteiger partial charge is 0.481 e. The summed E-state index contributed by atoms with van der Waals surface area (Å²) in [5.41, 5.74) is 8.33. The first-order valence-corrected chi connectivity index (χ1v) is 6.06. The lowest BCUT2D eigenvalue weighted by atomic mass is 9.92. The van der Waals surface area contributed by atoms with Crippen LogP contribution in [0, 0.1) is 6.92 Å². The van der Waals surface area contributed by atoms with Gasteiger partial charge in [0.25, 0.3) is 0 Å². The van der Waals surface area contributed by atoms with Crippen LogP contribution in [0.4, 0.5) is 5.82 Å². The zero-order chi connectivity index (χ0) is 13.8. The predicted molar refractivity (Wildman–Crippen MR) is 73.9 cm³/mol. The van der Waals surface area contributed by atoms with Gasteiger partial charge in [-0.15, -0.1) is 0 Å². The molecule has 1 heterocycles. The highest BCUT2D eigenvalue weighted by atomic mass is 16.4. The molecule has 0 bridgehead atoms. The highest BCUT2D eigenvalue weighted by molar-refractivity contribution is 5.76. The lowest BCUT2D eigenvalue weighted by molar-refractivity contribution is -0.138. The number of aliphatic carboxylic acids is 1. The number of carboxylic acids is 1. The van der Waals surface area contributed by atoms with Crippen molar-refractivity contribution < 1.29 is 9.90 Å². The first kappa shape index (κ1) is 13.1. The van der Waals surface area contributed by atoms with Gasteiger partial charge in [-0.1, -0.05) is 36.4 Å². The molecule has 3 N–H and O–H groups in total. The SMILES string of the molecule is Cc1cnc(N)c(CC(C(=O)O)c2ccccc2)c1. The molecule has 1 unspecified atom stereocenters. The van der Waals surface area contributed by atoms with Gasteiger partial charge in [-0.2, -0.15) is 0 Å². The fourth-order valence-corrected chi connectivity index (χ4v) is 2.06. The van der Waals surface area contributed by atoms with Crippen molar-refractivity contribution in [3.05, 3.63) is 59.3 Å². The Kier molecular flexibility index (Phi) is 3.80. The van der Waals surface area contributed by atoms with Gasteiger partial charge in [0.15, 0.2) is 0 Å². The minimum atomic E-state index is -0.855. The van der Waals surface area contributed by atoms with Gasteiger partial charge in [0, 0.05) is 6.20 Å². The average molecular weight is 256 g/mol. The molecule has 1 aromatic carbocycles. The number of aromatic nitrogens is 1. The molecule has 0 aliphatic rings. The van der Waals surface area contributed by atoms with E-state index in [9.17, 15) is 9.90 Å². The Morgan fingerprint density at radius 1 is 1.37 bits per heavy atom. The molecule has 0 aliphatic heterocycles. The quantitative estimate of drug-likeness (QED) is 0.880. The standard InChI is InChI=1S/C15H16N2O2/c1-10-7-12(14(16)17-9-10)8-13(15(18)19)11-5-3-2-4-6-11/h2-7,9,13H,8H2,1H3,(H2,16,17)(H,18,19). The van der Waals surface area contributed by atoms with Gasteiger partial charge in [-0.05, 0) is 30.0 Å². The number of pyridine rings is 1. The van der Waals surface area contributed by atoms with Gasteiger partial charge >= 0.3 is 5.97 Å². The molecule has 98 valence electrons. The minimum absolute atomic E-state index is 0.347. The van der Waals surface area contributed by atoms with E-state index in [1.807, 2.05) is 43.3 Å². The maximum Gasteiger partial charge on any atom is 0.311 e. The molecular formula is C15H16N2O2. The van der Waals surface area contributed by atoms with Crippen LogP contribution in [-0.4, -0.2) is 16.1 Å². The molecule has 1 aromatic heterocycles. The third-order valence-corrected chi connectivity index (χ3v) is 3.06. The molecule has 0 amide bonds. The Labute approximate surface area is 111 Å². The number of hydrogen-bond acceptors (Lipinski definition) is 3. The summed E-state index contributed by atoms with van der Waals surface area (Å²) < 4.78 is 0. The number of anilines is 1. The Morgan fingerprint density at radius 2 is 2.05 bits per heavy atom. The van der Waals surface area contributed by atoms with Gasteiger partial charge in [-0.3, -0.25) is 4.79 Å². The minimum Gasteiger partial charge on any atom is -0.481 e. The third kappa shape index (κ3) is 3.10. The summed E-state index contributed by atoms with van der Waals surface area (Å²) in [5.74, 6) is -1.06. The molecule has 4 heteroatoms. The van der Waals surface area contributed by atoms with E-state index in [4.69, 9.17) is 5.73 Å². The average Bonchev–Trinajstić information content (AvgIpc) is 2.40. The van der Waals surface area contributed by atoms with Crippen molar-refractivity contribution in [1.82, 2.24) is 4.98 Å². The Hall–Kier alpha value is -2.36. The number of carbonyl (C=O) groups is 1. The molecule has 0 saturated carbocycles. The summed E-state index contributed by atoms with van der Waals surface area (Å²) in [5, 5.41) is 9.39. The molecule has 0 fully saturated rings. The van der Waals surface area contributed by atoms with Crippen molar-refractivity contribution in [1.29, 1.82) is 0 Å². The maximum absolute atomic E-state index is 11.4. The molecule has 4 nitrogen and oxygen atoms in total. The topological polar surface area (TPSA) is 76.2 Å².